The van der Waals surface area contributed by atoms with Gasteiger partial charge in [-0.1, -0.05) is 11.8 Å². The molecule has 0 fully saturated rings. The molecule has 2 N–H and O–H groups in total. The molecule has 0 spiro atoms. The van der Waals surface area contributed by atoms with Crippen molar-refractivity contribution < 1.29 is 19.4 Å². The summed E-state index contributed by atoms with van der Waals surface area (Å²) in [7, 11) is 0. The normalized spacial score (nSPS) is 9.37. The number of carbonyl (C=O) groups excluding carboxylic acids is 2. The Bertz CT molecular complexity index is 498. The second-order valence-corrected chi connectivity index (χ2v) is 4.35. The summed E-state index contributed by atoms with van der Waals surface area (Å²) in [4.78, 5) is 23.4. The van der Waals surface area contributed by atoms with Crippen LogP contribution in [-0.2, 0) is 9.53 Å². The predicted molar refractivity (Wildman–Crippen MR) is 71.9 cm³/mol. The van der Waals surface area contributed by atoms with Crippen molar-refractivity contribution in [1.82, 2.24) is 5.32 Å². The number of esters is 1. The fourth-order valence-electron chi connectivity index (χ4n) is 1.31. The number of hydrogen-bond donors (Lipinski definition) is 2. The van der Waals surface area contributed by atoms with E-state index in [2.05, 4.69) is 17.2 Å². The van der Waals surface area contributed by atoms with Crippen molar-refractivity contribution in [2.45, 2.75) is 13.3 Å². The maximum atomic E-state index is 11.8. The molecule has 0 unspecified atom stereocenters. The van der Waals surface area contributed by atoms with Crippen LogP contribution in [0, 0.1) is 11.8 Å². The first-order valence-electron chi connectivity index (χ1n) is 5.80. The Hall–Kier alpha value is -1.84. The Labute approximate surface area is 115 Å². The van der Waals surface area contributed by atoms with Gasteiger partial charge in [-0.3, -0.25) is 9.59 Å². The summed E-state index contributed by atoms with van der Waals surface area (Å²) in [5, 5.41) is 13.0. The van der Waals surface area contributed by atoms with Crippen molar-refractivity contribution in [1.29, 1.82) is 0 Å². The number of aliphatic hydroxyl groups is 1. The molecule has 0 aromatic carbocycles. The molecule has 0 saturated carbocycles. The van der Waals surface area contributed by atoms with Gasteiger partial charge in [-0.05, 0) is 18.4 Å². The quantitative estimate of drug-likeness (QED) is 0.617. The SMILES string of the molecule is CCOC(=O)CCNC(=O)c1sccc1C#CCO. The van der Waals surface area contributed by atoms with Gasteiger partial charge in [0.05, 0.1) is 13.0 Å². The predicted octanol–water partition coefficient (Wildman–Crippen LogP) is 0.775. The topological polar surface area (TPSA) is 75.6 Å². The van der Waals surface area contributed by atoms with Crippen LogP contribution in [-0.4, -0.2) is 36.7 Å². The third kappa shape index (κ3) is 5.12. The zero-order chi connectivity index (χ0) is 14.1. The first-order valence-corrected chi connectivity index (χ1v) is 6.68. The molecule has 0 radical (unpaired) electrons. The molecule has 1 aromatic rings. The van der Waals surface area contributed by atoms with Crippen molar-refractivity contribution in [2.24, 2.45) is 0 Å². The third-order valence-corrected chi connectivity index (χ3v) is 3.01. The summed E-state index contributed by atoms with van der Waals surface area (Å²) in [6.45, 7) is 2.04. The molecule has 0 aliphatic carbocycles. The van der Waals surface area contributed by atoms with Gasteiger partial charge in [-0.15, -0.1) is 11.3 Å². The maximum Gasteiger partial charge on any atom is 0.307 e. The molecule has 0 atom stereocenters. The molecule has 19 heavy (non-hydrogen) atoms. The van der Waals surface area contributed by atoms with E-state index in [0.717, 1.165) is 0 Å². The molecule has 0 aliphatic heterocycles. The van der Waals surface area contributed by atoms with E-state index >= 15 is 0 Å². The summed E-state index contributed by atoms with van der Waals surface area (Å²) in [6, 6.07) is 1.72. The fraction of sp³-hybridized carbons (Fsp3) is 0.385. The fourth-order valence-corrected chi connectivity index (χ4v) is 2.08. The largest absolute Gasteiger partial charge is 0.466 e. The average Bonchev–Trinajstić information content (AvgIpc) is 2.84. The lowest BCUT2D eigenvalue weighted by Crippen LogP contribution is -2.26. The molecule has 1 amide bonds. The minimum Gasteiger partial charge on any atom is -0.466 e. The molecule has 5 nitrogen and oxygen atoms in total. The van der Waals surface area contributed by atoms with Crippen molar-refractivity contribution in [3.05, 3.63) is 21.9 Å². The Morgan fingerprint density at radius 1 is 1.53 bits per heavy atom. The standard InChI is InChI=1S/C13H15NO4S/c1-2-18-11(16)5-7-14-13(17)12-10(4-3-8-15)6-9-19-12/h6,9,15H,2,5,7-8H2,1H3,(H,14,17). The van der Waals surface area contributed by atoms with E-state index in [4.69, 9.17) is 9.84 Å². The highest BCUT2D eigenvalue weighted by atomic mass is 32.1. The number of ether oxygens (including phenoxy) is 1. The van der Waals surface area contributed by atoms with Gasteiger partial charge in [-0.2, -0.15) is 0 Å². The van der Waals surface area contributed by atoms with Gasteiger partial charge < -0.3 is 15.2 Å². The average molecular weight is 281 g/mol. The Kier molecular flexibility index (Phi) is 6.64. The van der Waals surface area contributed by atoms with Gasteiger partial charge in [0.25, 0.3) is 5.91 Å². The maximum absolute atomic E-state index is 11.8. The highest BCUT2D eigenvalue weighted by Crippen LogP contribution is 2.15. The summed E-state index contributed by atoms with van der Waals surface area (Å²) >= 11 is 1.26. The van der Waals surface area contributed by atoms with Crippen molar-refractivity contribution >= 4 is 23.2 Å². The molecule has 0 saturated heterocycles. The van der Waals surface area contributed by atoms with E-state index < -0.39 is 0 Å². The molecule has 6 heteroatoms. The summed E-state index contributed by atoms with van der Waals surface area (Å²) in [5.74, 6) is 4.58. The van der Waals surface area contributed by atoms with Crippen LogP contribution in [0.25, 0.3) is 0 Å². The number of carbonyl (C=O) groups is 2. The van der Waals surface area contributed by atoms with Crippen molar-refractivity contribution in [3.63, 3.8) is 0 Å². The lowest BCUT2D eigenvalue weighted by atomic mass is 10.2. The minimum atomic E-state index is -0.339. The number of rotatable bonds is 5. The number of amides is 1. The van der Waals surface area contributed by atoms with Gasteiger partial charge in [0.1, 0.15) is 11.5 Å². The van der Waals surface area contributed by atoms with Crippen LogP contribution in [0.5, 0.6) is 0 Å². The van der Waals surface area contributed by atoms with Crippen LogP contribution in [0.3, 0.4) is 0 Å². The lowest BCUT2D eigenvalue weighted by molar-refractivity contribution is -0.142. The Balaban J connectivity index is 2.50. The van der Waals surface area contributed by atoms with Crippen LogP contribution in [0.15, 0.2) is 11.4 Å². The van der Waals surface area contributed by atoms with E-state index in [1.807, 2.05) is 0 Å². The molecular formula is C13H15NO4S. The molecule has 102 valence electrons. The molecular weight excluding hydrogens is 266 g/mol. The molecule has 0 aliphatic rings. The van der Waals surface area contributed by atoms with Crippen LogP contribution >= 0.6 is 11.3 Å². The third-order valence-electron chi connectivity index (χ3n) is 2.09. The van der Waals surface area contributed by atoms with E-state index in [9.17, 15) is 9.59 Å². The zero-order valence-corrected chi connectivity index (χ0v) is 11.4. The second kappa shape index (κ2) is 8.29. The van der Waals surface area contributed by atoms with Gasteiger partial charge in [0.2, 0.25) is 0 Å². The molecule has 1 heterocycles. The van der Waals surface area contributed by atoms with Crippen molar-refractivity contribution in [2.75, 3.05) is 19.8 Å². The summed E-state index contributed by atoms with van der Waals surface area (Å²) in [5.41, 5.74) is 0.577. The van der Waals surface area contributed by atoms with Gasteiger partial charge >= 0.3 is 5.97 Å². The molecule has 1 aromatic heterocycles. The van der Waals surface area contributed by atoms with Crippen LogP contribution in [0.1, 0.15) is 28.6 Å². The minimum absolute atomic E-state index is 0.141. The highest BCUT2D eigenvalue weighted by molar-refractivity contribution is 7.12. The second-order valence-electron chi connectivity index (χ2n) is 3.43. The van der Waals surface area contributed by atoms with E-state index in [1.165, 1.54) is 11.3 Å². The van der Waals surface area contributed by atoms with Crippen molar-refractivity contribution in [3.8, 4) is 11.8 Å². The zero-order valence-electron chi connectivity index (χ0n) is 10.6. The van der Waals surface area contributed by atoms with Crippen LogP contribution < -0.4 is 5.32 Å². The van der Waals surface area contributed by atoms with Gasteiger partial charge in [-0.25, -0.2) is 0 Å². The number of nitrogens with one attached hydrogen (secondary N) is 1. The summed E-state index contributed by atoms with van der Waals surface area (Å²) < 4.78 is 4.75. The van der Waals surface area contributed by atoms with Crippen LogP contribution in [0.4, 0.5) is 0 Å². The van der Waals surface area contributed by atoms with E-state index in [-0.39, 0.29) is 31.4 Å². The first-order chi connectivity index (χ1) is 9.19. The van der Waals surface area contributed by atoms with E-state index in [1.54, 1.807) is 18.4 Å². The Morgan fingerprint density at radius 3 is 3.00 bits per heavy atom. The lowest BCUT2D eigenvalue weighted by Gasteiger charge is -2.04. The smallest absolute Gasteiger partial charge is 0.307 e. The number of aliphatic hydroxyl groups excluding tert-OH is 1. The first kappa shape index (κ1) is 15.2. The van der Waals surface area contributed by atoms with E-state index in [0.29, 0.717) is 17.0 Å². The Morgan fingerprint density at radius 2 is 2.32 bits per heavy atom. The van der Waals surface area contributed by atoms with Gasteiger partial charge in [0.15, 0.2) is 0 Å². The molecule has 0 bridgehead atoms. The van der Waals surface area contributed by atoms with Gasteiger partial charge in [0, 0.05) is 12.1 Å². The number of hydrogen-bond acceptors (Lipinski definition) is 5. The number of thiophene rings is 1. The summed E-state index contributed by atoms with van der Waals surface area (Å²) in [6.07, 6.45) is 0.141. The van der Waals surface area contributed by atoms with Crippen LogP contribution in [0.2, 0.25) is 0 Å². The molecule has 1 rings (SSSR count). The monoisotopic (exact) mass is 281 g/mol. The highest BCUT2D eigenvalue weighted by Gasteiger charge is 2.12.